The third kappa shape index (κ3) is 4.61. The summed E-state index contributed by atoms with van der Waals surface area (Å²) in [4.78, 5) is 0. The highest BCUT2D eigenvalue weighted by Crippen LogP contribution is 2.40. The maximum absolute atomic E-state index is 13.6. The molecule has 1 rings (SSSR count). The minimum Gasteiger partial charge on any atom is -0.207 e. The van der Waals surface area contributed by atoms with E-state index in [9.17, 15) is 4.39 Å². The first-order chi connectivity index (χ1) is 9.57. The number of benzene rings is 1. The lowest BCUT2D eigenvalue weighted by Crippen LogP contribution is -2.27. The van der Waals surface area contributed by atoms with Crippen LogP contribution in [0.15, 0.2) is 24.3 Å². The molecule has 0 aliphatic rings. The lowest BCUT2D eigenvalue weighted by molar-refractivity contribution is 0.296. The van der Waals surface area contributed by atoms with E-state index in [1.807, 2.05) is 6.07 Å². The average Bonchev–Trinajstić information content (AvgIpc) is 2.44. The first-order valence-electron chi connectivity index (χ1n) is 8.34. The van der Waals surface area contributed by atoms with Crippen LogP contribution in [0, 0.1) is 11.7 Å². The molecule has 1 aromatic rings. The Morgan fingerprint density at radius 3 is 2.20 bits per heavy atom. The van der Waals surface area contributed by atoms with Crippen molar-refractivity contribution >= 4 is 0 Å². The molecule has 1 aromatic carbocycles. The standard InChI is InChI=1S/C19H31F/c1-5-12-19(13-6-2,14-11-16(4)7-3)17-9-8-10-18(20)15-17/h8-10,15-16H,5-7,11-14H2,1-4H3/t16-/m1/s1. The molecular weight excluding hydrogens is 247 g/mol. The Bertz CT molecular complexity index is 377. The van der Waals surface area contributed by atoms with Gasteiger partial charge in [0.1, 0.15) is 5.82 Å². The SMILES string of the molecule is CCCC(CCC)(CC[C@H](C)CC)c1cccc(F)c1. The highest BCUT2D eigenvalue weighted by molar-refractivity contribution is 5.26. The Labute approximate surface area is 124 Å². The molecule has 0 spiro atoms. The first kappa shape index (κ1) is 17.2. The van der Waals surface area contributed by atoms with Gasteiger partial charge in [0.2, 0.25) is 0 Å². The Kier molecular flexibility index (Phi) is 7.26. The van der Waals surface area contributed by atoms with Crippen molar-refractivity contribution in [1.29, 1.82) is 0 Å². The Hall–Kier alpha value is -0.850. The normalized spacial score (nSPS) is 13.4. The molecule has 0 aliphatic heterocycles. The van der Waals surface area contributed by atoms with Crippen LogP contribution in [0.1, 0.15) is 78.2 Å². The smallest absolute Gasteiger partial charge is 0.123 e. The maximum atomic E-state index is 13.6. The van der Waals surface area contributed by atoms with Crippen LogP contribution in [0.4, 0.5) is 4.39 Å². The van der Waals surface area contributed by atoms with Crippen LogP contribution >= 0.6 is 0 Å². The monoisotopic (exact) mass is 278 g/mol. The van der Waals surface area contributed by atoms with Gasteiger partial charge in [-0.05, 0) is 54.7 Å². The molecule has 114 valence electrons. The predicted octanol–water partition coefficient (Wildman–Crippen LogP) is 6.49. The number of halogens is 1. The van der Waals surface area contributed by atoms with Crippen LogP contribution in [0.2, 0.25) is 0 Å². The summed E-state index contributed by atoms with van der Waals surface area (Å²) in [5.41, 5.74) is 1.39. The minimum atomic E-state index is -0.0948. The van der Waals surface area contributed by atoms with Gasteiger partial charge >= 0.3 is 0 Å². The summed E-state index contributed by atoms with van der Waals surface area (Å²) in [6.07, 6.45) is 8.33. The molecule has 0 aliphatic carbocycles. The minimum absolute atomic E-state index is 0.0948. The molecule has 0 aromatic heterocycles. The van der Waals surface area contributed by atoms with E-state index in [2.05, 4.69) is 33.8 Å². The van der Waals surface area contributed by atoms with E-state index >= 15 is 0 Å². The molecule has 20 heavy (non-hydrogen) atoms. The number of hydrogen-bond donors (Lipinski definition) is 0. The van der Waals surface area contributed by atoms with E-state index in [1.54, 1.807) is 12.1 Å². The summed E-state index contributed by atoms with van der Waals surface area (Å²) in [5, 5.41) is 0. The van der Waals surface area contributed by atoms with E-state index in [4.69, 9.17) is 0 Å². The lowest BCUT2D eigenvalue weighted by Gasteiger charge is -2.35. The van der Waals surface area contributed by atoms with E-state index < -0.39 is 0 Å². The molecule has 0 unspecified atom stereocenters. The van der Waals surface area contributed by atoms with Crippen LogP contribution in [0.5, 0.6) is 0 Å². The summed E-state index contributed by atoms with van der Waals surface area (Å²) in [6.45, 7) is 9.07. The van der Waals surface area contributed by atoms with E-state index in [0.29, 0.717) is 0 Å². The Morgan fingerprint density at radius 1 is 1.05 bits per heavy atom. The van der Waals surface area contributed by atoms with Gasteiger partial charge in [-0.2, -0.15) is 0 Å². The second kappa shape index (κ2) is 8.44. The quantitative estimate of drug-likeness (QED) is 0.484. The van der Waals surface area contributed by atoms with Crippen LogP contribution in [0.25, 0.3) is 0 Å². The van der Waals surface area contributed by atoms with Gasteiger partial charge in [0.15, 0.2) is 0 Å². The number of rotatable bonds is 9. The molecule has 0 heterocycles. The summed E-state index contributed by atoms with van der Waals surface area (Å²) in [7, 11) is 0. The van der Waals surface area contributed by atoms with Crippen molar-refractivity contribution in [3.05, 3.63) is 35.6 Å². The second-order valence-corrected chi connectivity index (χ2v) is 6.34. The maximum Gasteiger partial charge on any atom is 0.123 e. The summed E-state index contributed by atoms with van der Waals surface area (Å²) in [6, 6.07) is 7.32. The lowest BCUT2D eigenvalue weighted by atomic mass is 9.69. The zero-order chi connectivity index (χ0) is 15.0. The Balaban J connectivity index is 3.02. The van der Waals surface area contributed by atoms with Crippen molar-refractivity contribution in [3.63, 3.8) is 0 Å². The zero-order valence-electron chi connectivity index (χ0n) is 13.7. The molecule has 0 nitrogen and oxygen atoms in total. The van der Waals surface area contributed by atoms with Gasteiger partial charge in [0.25, 0.3) is 0 Å². The summed E-state index contributed by atoms with van der Waals surface area (Å²) < 4.78 is 13.6. The van der Waals surface area contributed by atoms with Crippen molar-refractivity contribution in [2.75, 3.05) is 0 Å². The van der Waals surface area contributed by atoms with Crippen molar-refractivity contribution < 1.29 is 4.39 Å². The molecular formula is C19H31F. The first-order valence-corrected chi connectivity index (χ1v) is 8.34. The molecule has 1 atom stereocenters. The van der Waals surface area contributed by atoms with Gasteiger partial charge < -0.3 is 0 Å². The van der Waals surface area contributed by atoms with Crippen LogP contribution in [-0.4, -0.2) is 0 Å². The van der Waals surface area contributed by atoms with Crippen LogP contribution < -0.4 is 0 Å². The highest BCUT2D eigenvalue weighted by atomic mass is 19.1. The second-order valence-electron chi connectivity index (χ2n) is 6.34. The Morgan fingerprint density at radius 2 is 1.70 bits per heavy atom. The number of hydrogen-bond acceptors (Lipinski definition) is 0. The highest BCUT2D eigenvalue weighted by Gasteiger charge is 2.30. The molecule has 0 amide bonds. The van der Waals surface area contributed by atoms with Gasteiger partial charge in [-0.3, -0.25) is 0 Å². The van der Waals surface area contributed by atoms with E-state index in [-0.39, 0.29) is 11.2 Å². The van der Waals surface area contributed by atoms with Gasteiger partial charge in [-0.15, -0.1) is 0 Å². The molecule has 1 heteroatoms. The molecule has 0 saturated heterocycles. The molecule has 0 bridgehead atoms. The molecule has 0 saturated carbocycles. The molecule has 0 radical (unpaired) electrons. The van der Waals surface area contributed by atoms with Crippen molar-refractivity contribution in [3.8, 4) is 0 Å². The van der Waals surface area contributed by atoms with Gasteiger partial charge in [-0.1, -0.05) is 59.1 Å². The third-order valence-corrected chi connectivity index (χ3v) is 4.71. The molecule has 0 fully saturated rings. The van der Waals surface area contributed by atoms with Crippen LogP contribution in [-0.2, 0) is 5.41 Å². The van der Waals surface area contributed by atoms with E-state index in [0.717, 1.165) is 18.8 Å². The van der Waals surface area contributed by atoms with Gasteiger partial charge in [0.05, 0.1) is 0 Å². The van der Waals surface area contributed by atoms with Crippen molar-refractivity contribution in [2.45, 2.75) is 78.1 Å². The topological polar surface area (TPSA) is 0 Å². The van der Waals surface area contributed by atoms with Gasteiger partial charge in [-0.25, -0.2) is 4.39 Å². The van der Waals surface area contributed by atoms with Crippen molar-refractivity contribution in [2.24, 2.45) is 5.92 Å². The fraction of sp³-hybridized carbons (Fsp3) is 0.684. The summed E-state index contributed by atoms with van der Waals surface area (Å²) in [5.74, 6) is 0.666. The average molecular weight is 278 g/mol. The zero-order valence-corrected chi connectivity index (χ0v) is 13.7. The fourth-order valence-electron chi connectivity index (χ4n) is 3.31. The molecule has 0 N–H and O–H groups in total. The predicted molar refractivity (Wildman–Crippen MR) is 86.6 cm³/mol. The van der Waals surface area contributed by atoms with E-state index in [1.165, 1.54) is 37.7 Å². The summed E-state index contributed by atoms with van der Waals surface area (Å²) >= 11 is 0. The largest absolute Gasteiger partial charge is 0.207 e. The van der Waals surface area contributed by atoms with Crippen molar-refractivity contribution in [1.82, 2.24) is 0 Å². The third-order valence-electron chi connectivity index (χ3n) is 4.71. The van der Waals surface area contributed by atoms with Gasteiger partial charge in [0, 0.05) is 0 Å². The van der Waals surface area contributed by atoms with Crippen LogP contribution in [0.3, 0.4) is 0 Å². The fourth-order valence-corrected chi connectivity index (χ4v) is 3.31.